The number of aromatic nitrogens is 1. The molecule has 2 aromatic rings. The number of carbonyl (C=O) groups excluding carboxylic acids is 1. The predicted molar refractivity (Wildman–Crippen MR) is 96.8 cm³/mol. The molecule has 1 aliphatic rings. The second-order valence-corrected chi connectivity index (χ2v) is 6.77. The number of pyridine rings is 1. The molecule has 0 saturated carbocycles. The van der Waals surface area contributed by atoms with E-state index in [4.69, 9.17) is 0 Å². The van der Waals surface area contributed by atoms with E-state index in [1.54, 1.807) is 0 Å². The number of halogens is 2. The number of benzene rings is 1. The summed E-state index contributed by atoms with van der Waals surface area (Å²) in [4.78, 5) is 20.8. The lowest BCUT2D eigenvalue weighted by atomic mass is 10.1. The van der Waals surface area contributed by atoms with Gasteiger partial charge in [0.1, 0.15) is 0 Å². The Balaban J connectivity index is 1.63. The molecule has 27 heavy (non-hydrogen) atoms. The molecule has 1 aliphatic heterocycles. The highest BCUT2D eigenvalue weighted by molar-refractivity contribution is 5.82. The first kappa shape index (κ1) is 19.4. The predicted octanol–water partition coefficient (Wildman–Crippen LogP) is 2.44. The molecule has 1 fully saturated rings. The van der Waals surface area contributed by atoms with Gasteiger partial charge in [-0.1, -0.05) is 18.2 Å². The summed E-state index contributed by atoms with van der Waals surface area (Å²) in [6.07, 6.45) is -0.971. The standard InChI is InChI=1S/C20H23F2N3O2/c1-14-5-2-6-15(23-14)13-24-9-4-10-25(12-11-24)20(27)19(26)16-7-3-8-17(21)18(16)22/h2-3,5-8,19,26H,4,9-13H2,1H3. The fraction of sp³-hybridized carbons (Fsp3) is 0.400. The van der Waals surface area contributed by atoms with Crippen LogP contribution in [0.3, 0.4) is 0 Å². The van der Waals surface area contributed by atoms with Crippen LogP contribution in [0.15, 0.2) is 36.4 Å². The second kappa shape index (κ2) is 8.54. The Morgan fingerprint density at radius 2 is 1.93 bits per heavy atom. The average Bonchev–Trinajstić information content (AvgIpc) is 2.88. The number of hydrogen-bond donors (Lipinski definition) is 1. The van der Waals surface area contributed by atoms with E-state index in [2.05, 4.69) is 9.88 Å². The van der Waals surface area contributed by atoms with Gasteiger partial charge >= 0.3 is 0 Å². The van der Waals surface area contributed by atoms with Crippen molar-refractivity contribution in [3.8, 4) is 0 Å². The van der Waals surface area contributed by atoms with Gasteiger partial charge in [0.05, 0.1) is 5.69 Å². The molecular weight excluding hydrogens is 352 g/mol. The summed E-state index contributed by atoms with van der Waals surface area (Å²) < 4.78 is 27.2. The van der Waals surface area contributed by atoms with Crippen molar-refractivity contribution in [3.63, 3.8) is 0 Å². The monoisotopic (exact) mass is 375 g/mol. The molecule has 144 valence electrons. The maximum absolute atomic E-state index is 13.9. The highest BCUT2D eigenvalue weighted by Crippen LogP contribution is 2.22. The molecule has 1 N–H and O–H groups in total. The third kappa shape index (κ3) is 4.67. The minimum absolute atomic E-state index is 0.329. The first-order valence-electron chi connectivity index (χ1n) is 9.01. The van der Waals surface area contributed by atoms with Gasteiger partial charge in [0.2, 0.25) is 0 Å². The van der Waals surface area contributed by atoms with Gasteiger partial charge in [-0.25, -0.2) is 8.78 Å². The second-order valence-electron chi connectivity index (χ2n) is 6.77. The van der Waals surface area contributed by atoms with Gasteiger partial charge in [-0.05, 0) is 31.5 Å². The molecule has 1 saturated heterocycles. The van der Waals surface area contributed by atoms with E-state index in [9.17, 15) is 18.7 Å². The van der Waals surface area contributed by atoms with Crippen molar-refractivity contribution in [2.45, 2.75) is 26.0 Å². The number of amides is 1. The van der Waals surface area contributed by atoms with Crippen LogP contribution in [-0.4, -0.2) is 52.0 Å². The minimum Gasteiger partial charge on any atom is -0.378 e. The number of hydrogen-bond acceptors (Lipinski definition) is 4. The number of carbonyl (C=O) groups is 1. The Kier molecular flexibility index (Phi) is 6.13. The number of nitrogens with zero attached hydrogens (tertiary/aromatic N) is 3. The Morgan fingerprint density at radius 3 is 2.70 bits per heavy atom. The molecule has 7 heteroatoms. The molecular formula is C20H23F2N3O2. The van der Waals surface area contributed by atoms with Crippen molar-refractivity contribution in [1.82, 2.24) is 14.8 Å². The lowest BCUT2D eigenvalue weighted by Crippen LogP contribution is -2.38. The molecule has 2 heterocycles. The normalized spacial score (nSPS) is 16.8. The van der Waals surface area contributed by atoms with Crippen LogP contribution in [0.25, 0.3) is 0 Å². The van der Waals surface area contributed by atoms with Crippen LogP contribution in [0.2, 0.25) is 0 Å². The third-order valence-electron chi connectivity index (χ3n) is 4.74. The molecule has 5 nitrogen and oxygen atoms in total. The summed E-state index contributed by atoms with van der Waals surface area (Å²) in [5.41, 5.74) is 1.60. The zero-order valence-electron chi connectivity index (χ0n) is 15.2. The van der Waals surface area contributed by atoms with Gasteiger partial charge in [0.15, 0.2) is 17.7 Å². The highest BCUT2D eigenvalue weighted by Gasteiger charge is 2.28. The van der Waals surface area contributed by atoms with Crippen LogP contribution < -0.4 is 0 Å². The summed E-state index contributed by atoms with van der Waals surface area (Å²) in [5, 5.41) is 10.2. The Labute approximate surface area is 157 Å². The third-order valence-corrected chi connectivity index (χ3v) is 4.74. The highest BCUT2D eigenvalue weighted by atomic mass is 19.2. The number of aryl methyl sites for hydroxylation is 1. The van der Waals surface area contributed by atoms with Crippen molar-refractivity contribution in [2.75, 3.05) is 26.2 Å². The Morgan fingerprint density at radius 1 is 1.15 bits per heavy atom. The summed E-state index contributed by atoms with van der Waals surface area (Å²) in [7, 11) is 0. The molecule has 0 bridgehead atoms. The zero-order chi connectivity index (χ0) is 19.4. The van der Waals surface area contributed by atoms with Crippen LogP contribution >= 0.6 is 0 Å². The number of rotatable bonds is 4. The van der Waals surface area contributed by atoms with Gasteiger partial charge in [-0.3, -0.25) is 14.7 Å². The van der Waals surface area contributed by atoms with E-state index in [1.165, 1.54) is 17.0 Å². The molecule has 0 aliphatic carbocycles. The van der Waals surface area contributed by atoms with Crippen LogP contribution in [-0.2, 0) is 11.3 Å². The van der Waals surface area contributed by atoms with Crippen LogP contribution in [0.1, 0.15) is 29.5 Å². The van der Waals surface area contributed by atoms with Gasteiger partial charge in [0, 0.05) is 44.0 Å². The van der Waals surface area contributed by atoms with Crippen LogP contribution in [0.5, 0.6) is 0 Å². The van der Waals surface area contributed by atoms with Crippen LogP contribution in [0, 0.1) is 18.6 Å². The largest absolute Gasteiger partial charge is 0.378 e. The molecule has 1 atom stereocenters. The Hall–Kier alpha value is -2.38. The molecule has 1 unspecified atom stereocenters. The van der Waals surface area contributed by atoms with Gasteiger partial charge in [-0.2, -0.15) is 0 Å². The van der Waals surface area contributed by atoms with E-state index >= 15 is 0 Å². The van der Waals surface area contributed by atoms with Crippen molar-refractivity contribution < 1.29 is 18.7 Å². The lowest BCUT2D eigenvalue weighted by molar-refractivity contribution is -0.140. The van der Waals surface area contributed by atoms with E-state index < -0.39 is 23.6 Å². The van der Waals surface area contributed by atoms with Crippen LogP contribution in [0.4, 0.5) is 8.78 Å². The van der Waals surface area contributed by atoms with E-state index in [0.29, 0.717) is 26.2 Å². The number of aliphatic hydroxyl groups excluding tert-OH is 1. The summed E-state index contributed by atoms with van der Waals surface area (Å²) in [6, 6.07) is 9.35. The fourth-order valence-corrected chi connectivity index (χ4v) is 3.30. The maximum Gasteiger partial charge on any atom is 0.256 e. The fourth-order valence-electron chi connectivity index (χ4n) is 3.30. The van der Waals surface area contributed by atoms with Gasteiger partial charge in [-0.15, -0.1) is 0 Å². The van der Waals surface area contributed by atoms with Crippen molar-refractivity contribution in [3.05, 3.63) is 65.0 Å². The van der Waals surface area contributed by atoms with Crippen molar-refractivity contribution in [2.24, 2.45) is 0 Å². The molecule has 1 aromatic heterocycles. The van der Waals surface area contributed by atoms with Crippen molar-refractivity contribution >= 4 is 5.91 Å². The first-order chi connectivity index (χ1) is 13.0. The summed E-state index contributed by atoms with van der Waals surface area (Å²) in [6.45, 7) is 4.93. The Bertz CT molecular complexity index is 816. The van der Waals surface area contributed by atoms with E-state index in [1.807, 2.05) is 25.1 Å². The lowest BCUT2D eigenvalue weighted by Gasteiger charge is -2.24. The van der Waals surface area contributed by atoms with Crippen molar-refractivity contribution in [1.29, 1.82) is 0 Å². The van der Waals surface area contributed by atoms with Gasteiger partial charge in [0.25, 0.3) is 5.91 Å². The van der Waals surface area contributed by atoms with Gasteiger partial charge < -0.3 is 10.0 Å². The van der Waals surface area contributed by atoms with E-state index in [-0.39, 0.29) is 5.56 Å². The average molecular weight is 375 g/mol. The van der Waals surface area contributed by atoms with E-state index in [0.717, 1.165) is 30.4 Å². The minimum atomic E-state index is -1.70. The SMILES string of the molecule is Cc1cccc(CN2CCCN(C(=O)C(O)c3cccc(F)c3F)CC2)n1. The maximum atomic E-state index is 13.9. The molecule has 0 spiro atoms. The molecule has 1 aromatic carbocycles. The topological polar surface area (TPSA) is 56.7 Å². The number of aliphatic hydroxyl groups is 1. The summed E-state index contributed by atoms with van der Waals surface area (Å²) in [5.74, 6) is -2.86. The molecule has 3 rings (SSSR count). The quantitative estimate of drug-likeness (QED) is 0.892. The summed E-state index contributed by atoms with van der Waals surface area (Å²) >= 11 is 0. The molecule has 0 radical (unpaired) electrons. The molecule has 1 amide bonds. The smallest absolute Gasteiger partial charge is 0.256 e. The first-order valence-corrected chi connectivity index (χ1v) is 9.01. The zero-order valence-corrected chi connectivity index (χ0v) is 15.2.